The highest BCUT2D eigenvalue weighted by Crippen LogP contribution is 2.66. The second-order valence-corrected chi connectivity index (χ2v) is 29.0. The summed E-state index contributed by atoms with van der Waals surface area (Å²) in [6.07, 6.45) is 5.00. The van der Waals surface area contributed by atoms with Crippen molar-refractivity contribution in [1.82, 2.24) is 0 Å². The van der Waals surface area contributed by atoms with Gasteiger partial charge >= 0.3 is 0 Å². The lowest BCUT2D eigenvalue weighted by molar-refractivity contribution is 0.590. The van der Waals surface area contributed by atoms with E-state index in [1.54, 1.807) is 0 Å². The molecule has 0 unspecified atom stereocenters. The van der Waals surface area contributed by atoms with Crippen molar-refractivity contribution in [2.24, 2.45) is 0 Å². The van der Waals surface area contributed by atoms with Crippen molar-refractivity contribution in [3.05, 3.63) is 216 Å². The molecule has 1 aliphatic rings. The van der Waals surface area contributed by atoms with Crippen LogP contribution in [0.4, 0.5) is 0 Å². The molecule has 0 saturated heterocycles. The maximum Gasteiger partial charge on any atom is 0.241 e. The standard InChI is InChI=1S/C70H74B2S/c1-67(2,3)50-23-35-56(36-24-50)71(57-37-25-51(26-38-57)68(4,5)6)54-31-18-47(19-32-54)49-22-43-61-63-45-44-60(62-16-15-17-64(66(62)63)73(13,14)65(61)46-49)48-20-33-55(34-21-48)72(58-39-27-52(28-40-58)69(7,8)9)59-41-29-53(30-42-59)70(10,11)12/h15-46H,1-14H3. The number of fused-ring (bicyclic) bond motifs is 2. The minimum absolute atomic E-state index is 0.101. The van der Waals surface area contributed by atoms with E-state index in [1.165, 1.54) is 109 Å². The molecule has 1 heterocycles. The largest absolute Gasteiger partial charge is 0.241 e. The van der Waals surface area contributed by atoms with Gasteiger partial charge in [-0.05, 0) is 107 Å². The highest BCUT2D eigenvalue weighted by atomic mass is 32.3. The van der Waals surface area contributed by atoms with E-state index in [4.69, 9.17) is 0 Å². The van der Waals surface area contributed by atoms with Crippen molar-refractivity contribution in [2.45, 2.75) is 115 Å². The monoisotopic (exact) mass is 969 g/mol. The van der Waals surface area contributed by atoms with Crippen LogP contribution in [0.3, 0.4) is 0 Å². The Bertz CT molecular complexity index is 3330. The molecule has 0 nitrogen and oxygen atoms in total. The second kappa shape index (κ2) is 18.6. The molecule has 0 amide bonds. The SMILES string of the molecule is CC(C)(C)c1ccc(B(c2ccc(-c3ccc4c(c3)S(C)(C)c3cccc5c(-c6ccc(B(c7ccc(C(C)(C)C)cc7)c7ccc(C(C)(C)C)cc7)cc6)ccc-4c35)cc2)c2ccc(C(C)(C)C)cc2)cc1. The molecule has 366 valence electrons. The van der Waals surface area contributed by atoms with Crippen LogP contribution < -0.4 is 32.8 Å². The highest BCUT2D eigenvalue weighted by Gasteiger charge is 2.32. The Morgan fingerprint density at radius 1 is 0.288 bits per heavy atom. The molecule has 0 radical (unpaired) electrons. The van der Waals surface area contributed by atoms with Gasteiger partial charge in [0.15, 0.2) is 0 Å². The lowest BCUT2D eigenvalue weighted by Crippen LogP contribution is -2.52. The summed E-state index contributed by atoms with van der Waals surface area (Å²) < 4.78 is 0. The van der Waals surface area contributed by atoms with E-state index >= 15 is 0 Å². The minimum Gasteiger partial charge on any atom is -0.192 e. The molecular formula is C70H74B2S. The van der Waals surface area contributed by atoms with Crippen LogP contribution in [0.25, 0.3) is 44.2 Å². The van der Waals surface area contributed by atoms with Gasteiger partial charge in [-0.3, -0.25) is 0 Å². The second-order valence-electron chi connectivity index (χ2n) is 25.5. The summed E-state index contributed by atoms with van der Waals surface area (Å²) in [5, 5.41) is 2.73. The minimum atomic E-state index is -1.36. The Hall–Kier alpha value is -6.28. The highest BCUT2D eigenvalue weighted by molar-refractivity contribution is 8.33. The lowest BCUT2D eigenvalue weighted by Gasteiger charge is -2.40. The fourth-order valence-corrected chi connectivity index (χ4v) is 13.9. The van der Waals surface area contributed by atoms with Gasteiger partial charge in [-0.25, -0.2) is 0 Å². The van der Waals surface area contributed by atoms with Crippen LogP contribution in [0.2, 0.25) is 0 Å². The molecule has 1 aliphatic heterocycles. The van der Waals surface area contributed by atoms with E-state index in [2.05, 4.69) is 290 Å². The van der Waals surface area contributed by atoms with E-state index in [-0.39, 0.29) is 35.1 Å². The zero-order valence-electron chi connectivity index (χ0n) is 46.0. The van der Waals surface area contributed by atoms with Gasteiger partial charge in [0.1, 0.15) is 0 Å². The molecule has 0 fully saturated rings. The van der Waals surface area contributed by atoms with Gasteiger partial charge in [-0.2, -0.15) is 10.0 Å². The Morgan fingerprint density at radius 2 is 0.603 bits per heavy atom. The normalized spacial score (nSPS) is 13.9. The van der Waals surface area contributed by atoms with Gasteiger partial charge in [0.05, 0.1) is 0 Å². The molecule has 9 aromatic carbocycles. The van der Waals surface area contributed by atoms with E-state index in [0.29, 0.717) is 0 Å². The predicted octanol–water partition coefficient (Wildman–Crippen LogP) is 14.9. The molecule has 0 spiro atoms. The Balaban J connectivity index is 0.981. The van der Waals surface area contributed by atoms with Gasteiger partial charge < -0.3 is 0 Å². The summed E-state index contributed by atoms with van der Waals surface area (Å²) in [6, 6.07) is 75.4. The van der Waals surface area contributed by atoms with Crippen molar-refractivity contribution in [1.29, 1.82) is 0 Å². The van der Waals surface area contributed by atoms with Crippen LogP contribution >= 0.6 is 10.0 Å². The van der Waals surface area contributed by atoms with Gasteiger partial charge in [-0.1, -0.05) is 298 Å². The summed E-state index contributed by atoms with van der Waals surface area (Å²) in [5.41, 5.74) is 21.5. The van der Waals surface area contributed by atoms with Crippen molar-refractivity contribution in [3.63, 3.8) is 0 Å². The Morgan fingerprint density at radius 3 is 0.973 bits per heavy atom. The Kier molecular flexibility index (Phi) is 12.8. The summed E-state index contributed by atoms with van der Waals surface area (Å²) in [4.78, 5) is 2.92. The van der Waals surface area contributed by atoms with Crippen molar-refractivity contribution >= 4 is 67.0 Å². The number of rotatable bonds is 8. The first kappa shape index (κ1) is 50.3. The number of benzene rings is 9. The lowest BCUT2D eigenvalue weighted by atomic mass is 9.36. The molecule has 0 atom stereocenters. The first-order valence-electron chi connectivity index (χ1n) is 26.5. The van der Waals surface area contributed by atoms with Crippen molar-refractivity contribution in [3.8, 4) is 33.4 Å². The van der Waals surface area contributed by atoms with Crippen LogP contribution in [0.15, 0.2) is 204 Å². The van der Waals surface area contributed by atoms with Gasteiger partial charge in [-0.15, -0.1) is 0 Å². The van der Waals surface area contributed by atoms with Crippen LogP contribution in [0.1, 0.15) is 105 Å². The fourth-order valence-electron chi connectivity index (χ4n) is 11.3. The van der Waals surface area contributed by atoms with Crippen LogP contribution in [0, 0.1) is 0 Å². The molecule has 0 aliphatic carbocycles. The zero-order valence-corrected chi connectivity index (χ0v) is 46.9. The molecule has 10 rings (SSSR count). The van der Waals surface area contributed by atoms with E-state index in [9.17, 15) is 0 Å². The topological polar surface area (TPSA) is 0 Å². The number of hydrogen-bond acceptors (Lipinski definition) is 0. The fraction of sp³-hybridized carbons (Fsp3) is 0.257. The van der Waals surface area contributed by atoms with E-state index < -0.39 is 10.0 Å². The molecule has 9 aromatic rings. The zero-order chi connectivity index (χ0) is 51.8. The molecular weight excluding hydrogens is 894 g/mol. The molecule has 0 N–H and O–H groups in total. The maximum absolute atomic E-state index is 2.51. The summed E-state index contributed by atoms with van der Waals surface area (Å²) >= 11 is 0. The van der Waals surface area contributed by atoms with Crippen LogP contribution in [-0.4, -0.2) is 25.9 Å². The van der Waals surface area contributed by atoms with Crippen LogP contribution in [-0.2, 0) is 21.7 Å². The first-order chi connectivity index (χ1) is 34.5. The molecule has 0 bridgehead atoms. The molecule has 73 heavy (non-hydrogen) atoms. The number of hydrogen-bond donors (Lipinski definition) is 0. The quantitative estimate of drug-likeness (QED) is 0.133. The first-order valence-corrected chi connectivity index (χ1v) is 29.0. The average molecular weight is 969 g/mol. The third kappa shape index (κ3) is 9.72. The summed E-state index contributed by atoms with van der Waals surface area (Å²) in [7, 11) is -1.36. The third-order valence-electron chi connectivity index (χ3n) is 15.9. The van der Waals surface area contributed by atoms with E-state index in [0.717, 1.165) is 0 Å². The van der Waals surface area contributed by atoms with Gasteiger partial charge in [0, 0.05) is 15.2 Å². The molecule has 0 saturated carbocycles. The smallest absolute Gasteiger partial charge is 0.192 e. The maximum atomic E-state index is 2.51. The van der Waals surface area contributed by atoms with Gasteiger partial charge in [0.25, 0.3) is 0 Å². The molecule has 0 aromatic heterocycles. The third-order valence-corrected chi connectivity index (χ3v) is 18.8. The van der Waals surface area contributed by atoms with Crippen LogP contribution in [0.5, 0.6) is 0 Å². The Labute approximate surface area is 441 Å². The summed E-state index contributed by atoms with van der Waals surface area (Å²) in [6.45, 7) is 27.8. The predicted molar refractivity (Wildman–Crippen MR) is 326 cm³/mol. The van der Waals surface area contributed by atoms with Crippen molar-refractivity contribution < 1.29 is 0 Å². The molecule has 3 heteroatoms. The summed E-state index contributed by atoms with van der Waals surface area (Å²) in [5.74, 6) is 0. The average Bonchev–Trinajstić information content (AvgIpc) is 3.36. The van der Waals surface area contributed by atoms with Gasteiger partial charge in [0.2, 0.25) is 13.4 Å². The van der Waals surface area contributed by atoms with Crippen molar-refractivity contribution in [2.75, 3.05) is 12.5 Å². The van der Waals surface area contributed by atoms with E-state index in [1.807, 2.05) is 0 Å².